The molecule has 0 aliphatic carbocycles. The van der Waals surface area contributed by atoms with Gasteiger partial charge in [0.1, 0.15) is 4.99 Å². The molecule has 1 heterocycles. The molecule has 1 saturated heterocycles. The first-order chi connectivity index (χ1) is 9.37. The van der Waals surface area contributed by atoms with Crippen LogP contribution in [0.5, 0.6) is 0 Å². The van der Waals surface area contributed by atoms with Crippen LogP contribution in [0.25, 0.3) is 0 Å². The Morgan fingerprint density at radius 2 is 1.85 bits per heavy atom. The zero-order valence-corrected chi connectivity index (χ0v) is 13.1. The summed E-state index contributed by atoms with van der Waals surface area (Å²) in [6.07, 6.45) is 1.94. The number of β-amino-alcohol motifs (C(OH)–C–C–N with tert-alkyl or cyclic N) is 1. The van der Waals surface area contributed by atoms with E-state index < -0.39 is 6.10 Å². The van der Waals surface area contributed by atoms with Crippen LogP contribution in [0, 0.1) is 5.41 Å². The molecule has 0 bridgehead atoms. The summed E-state index contributed by atoms with van der Waals surface area (Å²) in [5.74, 6) is 0. The maximum Gasteiger partial charge on any atom is 0.103 e. The van der Waals surface area contributed by atoms with Crippen LogP contribution < -0.4 is 5.73 Å². The van der Waals surface area contributed by atoms with Crippen LogP contribution in [0.2, 0.25) is 0 Å². The number of thiocarbonyl (C=S) groups is 1. The number of benzene rings is 1. The fraction of sp³-hybridized carbons (Fsp3) is 0.562. The average Bonchev–Trinajstić information content (AvgIpc) is 2.41. The average molecular weight is 292 g/mol. The number of piperidine rings is 1. The van der Waals surface area contributed by atoms with Crippen LogP contribution in [0.15, 0.2) is 24.3 Å². The van der Waals surface area contributed by atoms with Gasteiger partial charge in [-0.15, -0.1) is 0 Å². The lowest BCUT2D eigenvalue weighted by molar-refractivity contribution is 0.0703. The van der Waals surface area contributed by atoms with Gasteiger partial charge in [-0.3, -0.25) is 0 Å². The quantitative estimate of drug-likeness (QED) is 0.837. The summed E-state index contributed by atoms with van der Waals surface area (Å²) < 4.78 is 0. The second kappa shape index (κ2) is 6.20. The van der Waals surface area contributed by atoms with E-state index in [-0.39, 0.29) is 0 Å². The molecule has 3 nitrogen and oxygen atoms in total. The zero-order valence-electron chi connectivity index (χ0n) is 12.3. The summed E-state index contributed by atoms with van der Waals surface area (Å²) in [4.78, 5) is 2.74. The number of nitrogens with two attached hydrogens (primary N) is 1. The first-order valence-corrected chi connectivity index (χ1v) is 7.58. The highest BCUT2D eigenvalue weighted by atomic mass is 32.1. The van der Waals surface area contributed by atoms with Gasteiger partial charge in [0.2, 0.25) is 0 Å². The van der Waals surface area contributed by atoms with E-state index >= 15 is 0 Å². The minimum Gasteiger partial charge on any atom is -0.389 e. The topological polar surface area (TPSA) is 49.5 Å². The monoisotopic (exact) mass is 292 g/mol. The largest absolute Gasteiger partial charge is 0.389 e. The van der Waals surface area contributed by atoms with Gasteiger partial charge in [0, 0.05) is 12.1 Å². The highest BCUT2D eigenvalue weighted by Crippen LogP contribution is 2.30. The maximum atomic E-state index is 10.3. The standard InChI is InChI=1S/C16H24N2OS/c1-16(2)7-9-18(10-8-16)11-14(19)12-3-5-13(6-4-12)15(17)20/h3-6,14,19H,7-11H2,1-2H3,(H2,17,20). The third-order valence-electron chi connectivity index (χ3n) is 4.22. The Labute approximate surface area is 126 Å². The van der Waals surface area contributed by atoms with Crippen molar-refractivity contribution in [3.8, 4) is 0 Å². The molecule has 1 aromatic rings. The molecule has 1 aliphatic heterocycles. The van der Waals surface area contributed by atoms with Gasteiger partial charge in [-0.05, 0) is 36.9 Å². The first kappa shape index (κ1) is 15.4. The molecule has 3 N–H and O–H groups in total. The number of rotatable bonds is 4. The Morgan fingerprint density at radius 1 is 1.30 bits per heavy atom. The van der Waals surface area contributed by atoms with Crippen LogP contribution in [-0.2, 0) is 0 Å². The number of aliphatic hydroxyl groups excluding tert-OH is 1. The Bertz CT molecular complexity index is 460. The SMILES string of the molecule is CC1(C)CCN(CC(O)c2ccc(C(N)=S)cc2)CC1. The summed E-state index contributed by atoms with van der Waals surface area (Å²) in [6, 6.07) is 7.57. The van der Waals surface area contributed by atoms with Crippen LogP contribution in [0.4, 0.5) is 0 Å². The molecule has 110 valence electrons. The molecule has 2 rings (SSSR count). The maximum absolute atomic E-state index is 10.3. The van der Waals surface area contributed by atoms with Gasteiger partial charge in [0.05, 0.1) is 6.10 Å². The molecule has 1 aliphatic rings. The number of aliphatic hydroxyl groups is 1. The van der Waals surface area contributed by atoms with Crippen molar-refractivity contribution in [2.45, 2.75) is 32.8 Å². The molecular formula is C16H24N2OS. The molecule has 0 radical (unpaired) electrons. The summed E-state index contributed by atoms with van der Waals surface area (Å²) in [5, 5.41) is 10.3. The molecule has 0 amide bonds. The van der Waals surface area contributed by atoms with Gasteiger partial charge in [-0.2, -0.15) is 0 Å². The van der Waals surface area contributed by atoms with Crippen LogP contribution in [0.3, 0.4) is 0 Å². The van der Waals surface area contributed by atoms with Crippen LogP contribution in [0.1, 0.15) is 43.9 Å². The minimum absolute atomic E-state index is 0.393. The van der Waals surface area contributed by atoms with Gasteiger partial charge in [0.25, 0.3) is 0 Å². The Hall–Kier alpha value is -0.970. The molecule has 0 spiro atoms. The van der Waals surface area contributed by atoms with Gasteiger partial charge in [-0.1, -0.05) is 50.3 Å². The van der Waals surface area contributed by atoms with E-state index in [2.05, 4.69) is 18.7 Å². The highest BCUT2D eigenvalue weighted by Gasteiger charge is 2.26. The molecule has 4 heteroatoms. The molecule has 1 unspecified atom stereocenters. The summed E-state index contributed by atoms with van der Waals surface area (Å²) >= 11 is 4.93. The molecular weight excluding hydrogens is 268 g/mol. The van der Waals surface area contributed by atoms with Gasteiger partial charge < -0.3 is 15.7 Å². The predicted molar refractivity (Wildman–Crippen MR) is 86.7 cm³/mol. The fourth-order valence-electron chi connectivity index (χ4n) is 2.56. The number of nitrogens with zero attached hydrogens (tertiary/aromatic N) is 1. The highest BCUT2D eigenvalue weighted by molar-refractivity contribution is 7.80. The van der Waals surface area contributed by atoms with E-state index in [4.69, 9.17) is 18.0 Å². The van der Waals surface area contributed by atoms with Crippen molar-refractivity contribution in [1.29, 1.82) is 0 Å². The van der Waals surface area contributed by atoms with Crippen molar-refractivity contribution < 1.29 is 5.11 Å². The second-order valence-corrected chi connectivity index (χ2v) is 6.91. The molecule has 20 heavy (non-hydrogen) atoms. The number of hydrogen-bond acceptors (Lipinski definition) is 3. The molecule has 1 atom stereocenters. The van der Waals surface area contributed by atoms with E-state index in [9.17, 15) is 5.11 Å². The molecule has 0 aromatic heterocycles. The molecule has 1 aromatic carbocycles. The Kier molecular flexibility index (Phi) is 4.78. The third-order valence-corrected chi connectivity index (χ3v) is 4.46. The summed E-state index contributed by atoms with van der Waals surface area (Å²) in [5.41, 5.74) is 7.79. The van der Waals surface area contributed by atoms with E-state index in [0.717, 1.165) is 24.2 Å². The van der Waals surface area contributed by atoms with Crippen molar-refractivity contribution in [1.82, 2.24) is 4.90 Å². The fourth-order valence-corrected chi connectivity index (χ4v) is 2.70. The van der Waals surface area contributed by atoms with Gasteiger partial charge in [0.15, 0.2) is 0 Å². The van der Waals surface area contributed by atoms with Gasteiger partial charge in [-0.25, -0.2) is 0 Å². The van der Waals surface area contributed by atoms with E-state index in [1.807, 2.05) is 24.3 Å². The van der Waals surface area contributed by atoms with Crippen molar-refractivity contribution >= 4 is 17.2 Å². The van der Waals surface area contributed by atoms with Gasteiger partial charge >= 0.3 is 0 Å². The van der Waals surface area contributed by atoms with Crippen LogP contribution in [-0.4, -0.2) is 34.6 Å². The van der Waals surface area contributed by atoms with E-state index in [1.165, 1.54) is 12.8 Å². The first-order valence-electron chi connectivity index (χ1n) is 7.18. The zero-order chi connectivity index (χ0) is 14.8. The Balaban J connectivity index is 1.91. The van der Waals surface area contributed by atoms with Crippen molar-refractivity contribution in [3.05, 3.63) is 35.4 Å². The lowest BCUT2D eigenvalue weighted by Crippen LogP contribution is -2.39. The van der Waals surface area contributed by atoms with Crippen molar-refractivity contribution in [2.24, 2.45) is 11.1 Å². The predicted octanol–water partition coefficient (Wildman–Crippen LogP) is 2.48. The third kappa shape index (κ3) is 4.01. The van der Waals surface area contributed by atoms with E-state index in [0.29, 0.717) is 16.9 Å². The van der Waals surface area contributed by atoms with E-state index in [1.54, 1.807) is 0 Å². The Morgan fingerprint density at radius 3 is 2.35 bits per heavy atom. The number of likely N-dealkylation sites (tertiary alicyclic amines) is 1. The smallest absolute Gasteiger partial charge is 0.103 e. The minimum atomic E-state index is -0.448. The second-order valence-electron chi connectivity index (χ2n) is 6.47. The normalized spacial score (nSPS) is 20.6. The molecule has 0 saturated carbocycles. The van der Waals surface area contributed by atoms with Crippen molar-refractivity contribution in [3.63, 3.8) is 0 Å². The van der Waals surface area contributed by atoms with Crippen LogP contribution >= 0.6 is 12.2 Å². The number of hydrogen-bond donors (Lipinski definition) is 2. The lowest BCUT2D eigenvalue weighted by Gasteiger charge is -2.37. The summed E-state index contributed by atoms with van der Waals surface area (Å²) in [6.45, 7) is 7.46. The lowest BCUT2D eigenvalue weighted by atomic mass is 9.82. The molecule has 1 fully saturated rings. The van der Waals surface area contributed by atoms with Crippen molar-refractivity contribution in [2.75, 3.05) is 19.6 Å². The summed E-state index contributed by atoms with van der Waals surface area (Å²) in [7, 11) is 0.